The third-order valence-electron chi connectivity index (χ3n) is 5.59. The topological polar surface area (TPSA) is 79.4 Å². The molecule has 4 aromatic rings. The van der Waals surface area contributed by atoms with Gasteiger partial charge in [0.2, 0.25) is 0 Å². The molecule has 0 saturated carbocycles. The number of halogens is 2. The molecule has 1 aliphatic carbocycles. The van der Waals surface area contributed by atoms with E-state index in [0.29, 0.717) is 29.1 Å². The Morgan fingerprint density at radius 3 is 2.97 bits per heavy atom. The van der Waals surface area contributed by atoms with Crippen molar-refractivity contribution in [3.8, 4) is 0 Å². The first kappa shape index (κ1) is 19.6. The number of aromatic amines is 1. The second kappa shape index (κ2) is 7.42. The van der Waals surface area contributed by atoms with E-state index in [4.69, 9.17) is 16.6 Å². The number of aromatic nitrogens is 5. The fourth-order valence-corrected chi connectivity index (χ4v) is 4.19. The second-order valence-electron chi connectivity index (χ2n) is 7.84. The highest BCUT2D eigenvalue weighted by atomic mass is 35.5. The zero-order valence-corrected chi connectivity index (χ0v) is 17.8. The van der Waals surface area contributed by atoms with E-state index in [1.807, 2.05) is 44.2 Å². The zero-order valence-electron chi connectivity index (χ0n) is 17.0. The minimum absolute atomic E-state index is 0.198. The summed E-state index contributed by atoms with van der Waals surface area (Å²) in [4.78, 5) is 19.9. The molecule has 3 aromatic heterocycles. The molecule has 1 aliphatic rings. The predicted molar refractivity (Wildman–Crippen MR) is 121 cm³/mol. The Labute approximate surface area is 183 Å². The van der Waals surface area contributed by atoms with Crippen molar-refractivity contribution in [3.63, 3.8) is 0 Å². The van der Waals surface area contributed by atoms with Crippen molar-refractivity contribution in [3.05, 3.63) is 72.2 Å². The number of imidazole rings is 1. The average molecular weight is 435 g/mol. The van der Waals surface area contributed by atoms with Gasteiger partial charge in [-0.25, -0.2) is 24.3 Å². The standard InChI is InChI=1S/C23H20ClFN6/c1-13(30-22-20-21(27-11-26-20)28-12-29-22)15-10-14-6-5-8-17(25)18(14)31-19(15)16-7-3-4-9-23(16,2)24/h3-8,10-13H,9H2,1-2H3,(H2,26,27,28,29,30)/t13-,23?/m0/s1. The summed E-state index contributed by atoms with van der Waals surface area (Å²) in [5.41, 5.74) is 4.07. The van der Waals surface area contributed by atoms with Gasteiger partial charge >= 0.3 is 0 Å². The Morgan fingerprint density at radius 1 is 1.26 bits per heavy atom. The summed E-state index contributed by atoms with van der Waals surface area (Å²) < 4.78 is 14.6. The SMILES string of the molecule is C[C@H](Nc1ncnc2nc[nH]c12)c1cc2cccc(F)c2nc1C1=CC=CCC1(C)Cl. The first-order chi connectivity index (χ1) is 14.9. The molecule has 156 valence electrons. The summed E-state index contributed by atoms with van der Waals surface area (Å²) >= 11 is 6.86. The van der Waals surface area contributed by atoms with Crippen molar-refractivity contribution >= 4 is 45.1 Å². The molecule has 6 nitrogen and oxygen atoms in total. The highest BCUT2D eigenvalue weighted by Gasteiger charge is 2.31. The Bertz CT molecular complexity index is 1360. The van der Waals surface area contributed by atoms with E-state index in [9.17, 15) is 4.39 Å². The Balaban J connectivity index is 1.67. The van der Waals surface area contributed by atoms with Crippen molar-refractivity contribution in [1.29, 1.82) is 0 Å². The van der Waals surface area contributed by atoms with Gasteiger partial charge in [0.25, 0.3) is 0 Å². The lowest BCUT2D eigenvalue weighted by molar-refractivity contribution is 0.636. The van der Waals surface area contributed by atoms with Crippen molar-refractivity contribution < 1.29 is 4.39 Å². The van der Waals surface area contributed by atoms with Crippen LogP contribution in [0.4, 0.5) is 10.2 Å². The molecule has 1 unspecified atom stereocenters. The monoisotopic (exact) mass is 434 g/mol. The Morgan fingerprint density at radius 2 is 2.13 bits per heavy atom. The quantitative estimate of drug-likeness (QED) is 0.411. The molecule has 3 heterocycles. The number of rotatable bonds is 4. The van der Waals surface area contributed by atoms with Crippen LogP contribution in [0.2, 0.25) is 0 Å². The molecule has 0 fully saturated rings. The lowest BCUT2D eigenvalue weighted by atomic mass is 9.86. The van der Waals surface area contributed by atoms with Gasteiger partial charge in [0, 0.05) is 10.9 Å². The molecule has 0 bridgehead atoms. The van der Waals surface area contributed by atoms with Gasteiger partial charge in [-0.05, 0) is 38.0 Å². The highest BCUT2D eigenvalue weighted by molar-refractivity contribution is 6.30. The van der Waals surface area contributed by atoms with Crippen LogP contribution in [0.25, 0.3) is 27.6 Å². The lowest BCUT2D eigenvalue weighted by Gasteiger charge is -2.29. The van der Waals surface area contributed by atoms with E-state index in [1.54, 1.807) is 12.4 Å². The van der Waals surface area contributed by atoms with Gasteiger partial charge < -0.3 is 10.3 Å². The van der Waals surface area contributed by atoms with E-state index in [2.05, 4.69) is 25.3 Å². The van der Waals surface area contributed by atoms with Crippen molar-refractivity contribution in [2.75, 3.05) is 5.32 Å². The van der Waals surface area contributed by atoms with Gasteiger partial charge in [-0.1, -0.05) is 30.4 Å². The van der Waals surface area contributed by atoms with Gasteiger partial charge in [-0.15, -0.1) is 11.6 Å². The lowest BCUT2D eigenvalue weighted by Crippen LogP contribution is -2.23. The molecule has 8 heteroatoms. The van der Waals surface area contributed by atoms with Crippen LogP contribution in [0.3, 0.4) is 0 Å². The largest absolute Gasteiger partial charge is 0.362 e. The normalized spacial score (nSPS) is 19.5. The van der Waals surface area contributed by atoms with Crippen LogP contribution in [0.5, 0.6) is 0 Å². The Kier molecular flexibility index (Phi) is 4.70. The molecule has 0 spiro atoms. The molecule has 2 atom stereocenters. The van der Waals surface area contributed by atoms with Crippen LogP contribution < -0.4 is 5.32 Å². The van der Waals surface area contributed by atoms with Crippen molar-refractivity contribution in [2.45, 2.75) is 31.2 Å². The van der Waals surface area contributed by atoms with Gasteiger partial charge in [0.1, 0.15) is 23.2 Å². The second-order valence-corrected chi connectivity index (χ2v) is 8.67. The molecular formula is C23H20ClFN6. The van der Waals surface area contributed by atoms with Crippen LogP contribution >= 0.6 is 11.6 Å². The molecular weight excluding hydrogens is 415 g/mol. The summed E-state index contributed by atoms with van der Waals surface area (Å²) in [6, 6.07) is 6.74. The number of nitrogens with zero attached hydrogens (tertiary/aromatic N) is 4. The summed E-state index contributed by atoms with van der Waals surface area (Å²) in [6.45, 7) is 3.97. The van der Waals surface area contributed by atoms with Gasteiger partial charge in [0.15, 0.2) is 11.5 Å². The van der Waals surface area contributed by atoms with E-state index >= 15 is 0 Å². The molecule has 31 heavy (non-hydrogen) atoms. The van der Waals surface area contributed by atoms with Crippen LogP contribution in [0.15, 0.2) is 55.1 Å². The minimum Gasteiger partial charge on any atom is -0.362 e. The first-order valence-corrected chi connectivity index (χ1v) is 10.4. The predicted octanol–water partition coefficient (Wildman–Crippen LogP) is 5.55. The number of fused-ring (bicyclic) bond motifs is 2. The third kappa shape index (κ3) is 3.45. The number of benzene rings is 1. The van der Waals surface area contributed by atoms with E-state index in [0.717, 1.165) is 22.0 Å². The maximum atomic E-state index is 14.6. The molecule has 0 saturated heterocycles. The summed E-state index contributed by atoms with van der Waals surface area (Å²) in [5.74, 6) is 0.274. The maximum absolute atomic E-state index is 14.6. The number of hydrogen-bond acceptors (Lipinski definition) is 5. The van der Waals surface area contributed by atoms with Crippen LogP contribution in [0.1, 0.15) is 37.6 Å². The summed E-state index contributed by atoms with van der Waals surface area (Å²) in [5, 5.41) is 4.16. The summed E-state index contributed by atoms with van der Waals surface area (Å²) in [6.07, 6.45) is 9.66. The number of allylic oxidation sites excluding steroid dienone is 4. The van der Waals surface area contributed by atoms with Crippen LogP contribution in [-0.4, -0.2) is 29.8 Å². The third-order valence-corrected chi connectivity index (χ3v) is 5.94. The average Bonchev–Trinajstić information content (AvgIpc) is 3.23. The fraction of sp³-hybridized carbons (Fsp3) is 0.217. The number of nitrogens with one attached hydrogen (secondary N) is 2. The number of hydrogen-bond donors (Lipinski definition) is 2. The fourth-order valence-electron chi connectivity index (χ4n) is 3.94. The molecule has 2 N–H and O–H groups in total. The molecule has 0 amide bonds. The van der Waals surface area contributed by atoms with E-state index < -0.39 is 4.87 Å². The molecule has 0 radical (unpaired) electrons. The van der Waals surface area contributed by atoms with E-state index in [-0.39, 0.29) is 11.9 Å². The van der Waals surface area contributed by atoms with Gasteiger partial charge in [0.05, 0.1) is 22.9 Å². The summed E-state index contributed by atoms with van der Waals surface area (Å²) in [7, 11) is 0. The number of pyridine rings is 1. The first-order valence-electron chi connectivity index (χ1n) is 10.0. The van der Waals surface area contributed by atoms with Crippen molar-refractivity contribution in [1.82, 2.24) is 24.9 Å². The highest BCUT2D eigenvalue weighted by Crippen LogP contribution is 2.41. The number of para-hydroxylation sites is 1. The minimum atomic E-state index is -0.638. The Hall–Kier alpha value is -3.32. The molecule has 1 aromatic carbocycles. The molecule has 5 rings (SSSR count). The van der Waals surface area contributed by atoms with Crippen LogP contribution in [-0.2, 0) is 0 Å². The number of H-pyrrole nitrogens is 1. The zero-order chi connectivity index (χ0) is 21.6. The van der Waals surface area contributed by atoms with Crippen molar-refractivity contribution in [2.24, 2.45) is 0 Å². The van der Waals surface area contributed by atoms with Crippen LogP contribution in [0, 0.1) is 5.82 Å². The number of alkyl halides is 1. The maximum Gasteiger partial charge on any atom is 0.182 e. The van der Waals surface area contributed by atoms with Gasteiger partial charge in [-0.3, -0.25) is 0 Å². The van der Waals surface area contributed by atoms with Gasteiger partial charge in [-0.2, -0.15) is 0 Å². The number of anilines is 1. The molecule has 0 aliphatic heterocycles. The smallest absolute Gasteiger partial charge is 0.182 e. The van der Waals surface area contributed by atoms with E-state index in [1.165, 1.54) is 12.4 Å².